The van der Waals surface area contributed by atoms with Crippen molar-refractivity contribution in [3.8, 4) is 0 Å². The summed E-state index contributed by atoms with van der Waals surface area (Å²) in [4.78, 5) is 11.3. The molecule has 0 aromatic heterocycles. The van der Waals surface area contributed by atoms with E-state index in [1.54, 1.807) is 0 Å². The van der Waals surface area contributed by atoms with Gasteiger partial charge in [-0.2, -0.15) is 0 Å². The molecule has 0 rings (SSSR count). The first-order chi connectivity index (χ1) is 6.08. The summed E-state index contributed by atoms with van der Waals surface area (Å²) in [5, 5.41) is 0. The Morgan fingerprint density at radius 2 is 1.77 bits per heavy atom. The lowest BCUT2D eigenvalue weighted by atomic mass is 9.80. The van der Waals surface area contributed by atoms with Crippen LogP contribution in [0.4, 0.5) is 0 Å². The molecule has 0 aromatic carbocycles. The normalized spacial score (nSPS) is 17.6. The second-order valence-electron chi connectivity index (χ2n) is 3.77. The molecule has 3 unspecified atom stereocenters. The summed E-state index contributed by atoms with van der Waals surface area (Å²) in [5.41, 5.74) is 0. The lowest BCUT2D eigenvalue weighted by Gasteiger charge is -2.25. The van der Waals surface area contributed by atoms with Crippen molar-refractivity contribution in [3.05, 3.63) is 0 Å². The maximum atomic E-state index is 11.3. The molecule has 0 aliphatic heterocycles. The molecule has 0 bridgehead atoms. The number of rotatable bonds is 5. The van der Waals surface area contributed by atoms with Crippen LogP contribution in [-0.2, 0) is 9.53 Å². The Bertz CT molecular complexity index is 154. The monoisotopic (exact) mass is 186 g/mol. The van der Waals surface area contributed by atoms with Gasteiger partial charge in [0.2, 0.25) is 0 Å². The van der Waals surface area contributed by atoms with Crippen LogP contribution in [0.25, 0.3) is 0 Å². The zero-order valence-corrected chi connectivity index (χ0v) is 9.46. The smallest absolute Gasteiger partial charge is 0.308 e. The molecule has 0 N–H and O–H groups in total. The summed E-state index contributed by atoms with van der Waals surface area (Å²) in [6, 6.07) is 0. The number of hydrogen-bond donors (Lipinski definition) is 0. The minimum absolute atomic E-state index is 0.0324. The third-order valence-corrected chi connectivity index (χ3v) is 3.06. The van der Waals surface area contributed by atoms with E-state index in [1.807, 2.05) is 6.92 Å². The van der Waals surface area contributed by atoms with Gasteiger partial charge in [-0.3, -0.25) is 4.79 Å². The van der Waals surface area contributed by atoms with E-state index in [0.29, 0.717) is 11.8 Å². The van der Waals surface area contributed by atoms with Gasteiger partial charge >= 0.3 is 5.97 Å². The Morgan fingerprint density at radius 3 is 2.08 bits per heavy atom. The summed E-state index contributed by atoms with van der Waals surface area (Å²) < 4.78 is 4.75. The van der Waals surface area contributed by atoms with Crippen molar-refractivity contribution in [2.45, 2.75) is 40.5 Å². The first-order valence-electron chi connectivity index (χ1n) is 5.16. The Labute approximate surface area is 81.7 Å². The van der Waals surface area contributed by atoms with Crippen molar-refractivity contribution in [1.29, 1.82) is 0 Å². The Balaban J connectivity index is 4.30. The van der Waals surface area contributed by atoms with Crippen molar-refractivity contribution in [1.82, 2.24) is 0 Å². The van der Waals surface area contributed by atoms with Gasteiger partial charge in [-0.1, -0.05) is 40.5 Å². The minimum atomic E-state index is -0.0767. The summed E-state index contributed by atoms with van der Waals surface area (Å²) >= 11 is 0. The number of esters is 1. The predicted molar refractivity (Wildman–Crippen MR) is 54.4 cm³/mol. The van der Waals surface area contributed by atoms with Crippen molar-refractivity contribution in [2.75, 3.05) is 7.11 Å². The standard InChI is InChI=1S/C11H22O2/c1-6-8(3)10(7-2)9(4)11(12)13-5/h8-10H,6-7H2,1-5H3. The van der Waals surface area contributed by atoms with E-state index in [2.05, 4.69) is 20.8 Å². The summed E-state index contributed by atoms with van der Waals surface area (Å²) in [7, 11) is 1.46. The molecule has 13 heavy (non-hydrogen) atoms. The van der Waals surface area contributed by atoms with E-state index in [0.717, 1.165) is 12.8 Å². The average molecular weight is 186 g/mol. The molecule has 0 spiro atoms. The number of carbonyl (C=O) groups is 1. The fraction of sp³-hybridized carbons (Fsp3) is 0.909. The van der Waals surface area contributed by atoms with Gasteiger partial charge in [-0.15, -0.1) is 0 Å². The van der Waals surface area contributed by atoms with Crippen LogP contribution >= 0.6 is 0 Å². The van der Waals surface area contributed by atoms with E-state index in [4.69, 9.17) is 4.74 Å². The highest BCUT2D eigenvalue weighted by Crippen LogP contribution is 2.27. The van der Waals surface area contributed by atoms with Crippen LogP contribution in [0.15, 0.2) is 0 Å². The Kier molecular flexibility index (Phi) is 5.76. The van der Waals surface area contributed by atoms with Crippen LogP contribution in [0.5, 0.6) is 0 Å². The number of ether oxygens (including phenoxy) is 1. The minimum Gasteiger partial charge on any atom is -0.469 e. The molecule has 0 fully saturated rings. The molecule has 3 atom stereocenters. The van der Waals surface area contributed by atoms with Crippen molar-refractivity contribution < 1.29 is 9.53 Å². The van der Waals surface area contributed by atoms with Gasteiger partial charge in [0.1, 0.15) is 0 Å². The maximum Gasteiger partial charge on any atom is 0.308 e. The lowest BCUT2D eigenvalue weighted by Crippen LogP contribution is -2.26. The zero-order valence-electron chi connectivity index (χ0n) is 9.46. The molecule has 0 aromatic rings. The van der Waals surface area contributed by atoms with Crippen LogP contribution in [-0.4, -0.2) is 13.1 Å². The highest BCUT2D eigenvalue weighted by Gasteiger charge is 2.26. The van der Waals surface area contributed by atoms with Gasteiger partial charge in [-0.25, -0.2) is 0 Å². The van der Waals surface area contributed by atoms with Crippen LogP contribution < -0.4 is 0 Å². The molecular formula is C11H22O2. The van der Waals surface area contributed by atoms with Gasteiger partial charge in [0.25, 0.3) is 0 Å². The van der Waals surface area contributed by atoms with Crippen LogP contribution in [0.1, 0.15) is 40.5 Å². The molecule has 0 aliphatic rings. The van der Waals surface area contributed by atoms with Gasteiger partial charge in [0, 0.05) is 0 Å². The summed E-state index contributed by atoms with van der Waals surface area (Å²) in [6.45, 7) is 8.47. The molecule has 0 radical (unpaired) electrons. The molecule has 2 heteroatoms. The Morgan fingerprint density at radius 1 is 1.23 bits per heavy atom. The predicted octanol–water partition coefficient (Wildman–Crippen LogP) is 2.87. The van der Waals surface area contributed by atoms with E-state index >= 15 is 0 Å². The van der Waals surface area contributed by atoms with Gasteiger partial charge in [0.05, 0.1) is 13.0 Å². The average Bonchev–Trinajstić information content (AvgIpc) is 2.17. The van der Waals surface area contributed by atoms with E-state index in [9.17, 15) is 4.79 Å². The topological polar surface area (TPSA) is 26.3 Å². The molecule has 0 amide bonds. The van der Waals surface area contributed by atoms with Crippen molar-refractivity contribution >= 4 is 5.97 Å². The van der Waals surface area contributed by atoms with Crippen LogP contribution in [0.3, 0.4) is 0 Å². The van der Waals surface area contributed by atoms with Gasteiger partial charge in [-0.05, 0) is 11.8 Å². The van der Waals surface area contributed by atoms with E-state index in [-0.39, 0.29) is 11.9 Å². The first-order valence-corrected chi connectivity index (χ1v) is 5.16. The third-order valence-electron chi connectivity index (χ3n) is 3.06. The highest BCUT2D eigenvalue weighted by atomic mass is 16.5. The molecule has 2 nitrogen and oxygen atoms in total. The fourth-order valence-electron chi connectivity index (χ4n) is 1.91. The third kappa shape index (κ3) is 3.37. The lowest BCUT2D eigenvalue weighted by molar-refractivity contribution is -0.147. The molecule has 78 valence electrons. The SMILES string of the molecule is CCC(C)C(CC)C(C)C(=O)OC. The molecule has 0 saturated carbocycles. The van der Waals surface area contributed by atoms with Crippen LogP contribution in [0, 0.1) is 17.8 Å². The quantitative estimate of drug-likeness (QED) is 0.617. The van der Waals surface area contributed by atoms with Gasteiger partial charge < -0.3 is 4.74 Å². The zero-order chi connectivity index (χ0) is 10.4. The highest BCUT2D eigenvalue weighted by molar-refractivity contribution is 5.72. The fourth-order valence-corrected chi connectivity index (χ4v) is 1.91. The first kappa shape index (κ1) is 12.5. The second-order valence-corrected chi connectivity index (χ2v) is 3.77. The van der Waals surface area contributed by atoms with Crippen molar-refractivity contribution in [3.63, 3.8) is 0 Å². The number of carbonyl (C=O) groups excluding carboxylic acids is 1. The number of hydrogen-bond acceptors (Lipinski definition) is 2. The second kappa shape index (κ2) is 6.01. The molecule has 0 aliphatic carbocycles. The number of methoxy groups -OCH3 is 1. The maximum absolute atomic E-state index is 11.3. The van der Waals surface area contributed by atoms with E-state index < -0.39 is 0 Å². The molecule has 0 heterocycles. The Hall–Kier alpha value is -0.530. The van der Waals surface area contributed by atoms with E-state index in [1.165, 1.54) is 7.11 Å². The summed E-state index contributed by atoms with van der Waals surface area (Å²) in [6.07, 6.45) is 2.17. The molecule has 0 saturated heterocycles. The van der Waals surface area contributed by atoms with Gasteiger partial charge in [0.15, 0.2) is 0 Å². The largest absolute Gasteiger partial charge is 0.469 e. The molecular weight excluding hydrogens is 164 g/mol. The van der Waals surface area contributed by atoms with Crippen LogP contribution in [0.2, 0.25) is 0 Å². The van der Waals surface area contributed by atoms with Crippen molar-refractivity contribution in [2.24, 2.45) is 17.8 Å². The summed E-state index contributed by atoms with van der Waals surface area (Å²) in [5.74, 6) is 1.01.